The van der Waals surface area contributed by atoms with Crippen LogP contribution in [0.25, 0.3) is 0 Å². The second-order valence-corrected chi connectivity index (χ2v) is 5.40. The number of pyridine rings is 1. The molecule has 0 saturated carbocycles. The fourth-order valence-corrected chi connectivity index (χ4v) is 2.64. The van der Waals surface area contributed by atoms with Crippen molar-refractivity contribution in [2.24, 2.45) is 4.99 Å². The van der Waals surface area contributed by atoms with Gasteiger partial charge in [-0.2, -0.15) is 0 Å². The van der Waals surface area contributed by atoms with Gasteiger partial charge < -0.3 is 4.90 Å². The maximum absolute atomic E-state index is 4.54. The van der Waals surface area contributed by atoms with Crippen molar-refractivity contribution in [3.8, 4) is 0 Å². The van der Waals surface area contributed by atoms with Crippen LogP contribution in [-0.2, 0) is 0 Å². The Morgan fingerprint density at radius 1 is 1.17 bits per heavy atom. The lowest BCUT2D eigenvalue weighted by molar-refractivity contribution is 1.08. The van der Waals surface area contributed by atoms with E-state index in [0.717, 1.165) is 34.3 Å². The van der Waals surface area contributed by atoms with Crippen LogP contribution in [-0.4, -0.2) is 17.7 Å². The standard InChI is InChI=1S/C19H20N4/c1-5-12-20-14(2)17-11-10-16(13-21-17)23-15(3)22(4)18-8-6-7-9-19(18)23/h5-13H,3H2,1-2,4H3/b12-5-,20-14?. The van der Waals surface area contributed by atoms with Crippen LogP contribution in [0.15, 0.2) is 72.3 Å². The van der Waals surface area contributed by atoms with Crippen molar-refractivity contribution in [3.63, 3.8) is 0 Å². The molecule has 0 atom stereocenters. The summed E-state index contributed by atoms with van der Waals surface area (Å²) in [6.07, 6.45) is 5.54. The van der Waals surface area contributed by atoms with Gasteiger partial charge in [-0.25, -0.2) is 0 Å². The van der Waals surface area contributed by atoms with Crippen LogP contribution in [0.2, 0.25) is 0 Å². The van der Waals surface area contributed by atoms with Gasteiger partial charge in [-0.3, -0.25) is 14.9 Å². The van der Waals surface area contributed by atoms with Crippen LogP contribution in [0.1, 0.15) is 19.5 Å². The van der Waals surface area contributed by atoms with Gasteiger partial charge in [0, 0.05) is 13.2 Å². The molecule has 4 nitrogen and oxygen atoms in total. The summed E-state index contributed by atoms with van der Waals surface area (Å²) in [5.41, 5.74) is 5.03. The molecule has 1 aromatic heterocycles. The number of benzene rings is 1. The first-order valence-corrected chi connectivity index (χ1v) is 7.57. The molecule has 0 N–H and O–H groups in total. The lowest BCUT2D eigenvalue weighted by atomic mass is 10.2. The van der Waals surface area contributed by atoms with Crippen molar-refractivity contribution in [2.45, 2.75) is 13.8 Å². The van der Waals surface area contributed by atoms with Crippen LogP contribution >= 0.6 is 0 Å². The van der Waals surface area contributed by atoms with E-state index in [1.807, 2.05) is 51.4 Å². The Balaban J connectivity index is 1.96. The van der Waals surface area contributed by atoms with Crippen molar-refractivity contribution in [1.29, 1.82) is 0 Å². The zero-order valence-electron chi connectivity index (χ0n) is 13.7. The lowest BCUT2D eigenvalue weighted by Gasteiger charge is -2.21. The van der Waals surface area contributed by atoms with Gasteiger partial charge in [0.05, 0.1) is 34.7 Å². The van der Waals surface area contributed by atoms with Gasteiger partial charge >= 0.3 is 0 Å². The van der Waals surface area contributed by atoms with Gasteiger partial charge in [0.1, 0.15) is 5.82 Å². The predicted octanol–water partition coefficient (Wildman–Crippen LogP) is 4.48. The molecule has 0 aliphatic carbocycles. The van der Waals surface area contributed by atoms with Crippen molar-refractivity contribution in [1.82, 2.24) is 4.98 Å². The minimum absolute atomic E-state index is 0.873. The average Bonchev–Trinajstić information content (AvgIpc) is 2.84. The van der Waals surface area contributed by atoms with Gasteiger partial charge in [-0.15, -0.1) is 0 Å². The second kappa shape index (κ2) is 6.08. The quantitative estimate of drug-likeness (QED) is 0.783. The number of anilines is 3. The highest BCUT2D eigenvalue weighted by Crippen LogP contribution is 2.43. The predicted molar refractivity (Wildman–Crippen MR) is 97.4 cm³/mol. The molecule has 0 fully saturated rings. The van der Waals surface area contributed by atoms with Crippen LogP contribution in [0, 0.1) is 0 Å². The molecule has 2 heterocycles. The molecule has 1 aromatic carbocycles. The van der Waals surface area contributed by atoms with E-state index in [0.29, 0.717) is 0 Å². The molecular formula is C19H20N4. The minimum Gasteiger partial charge on any atom is -0.329 e. The van der Waals surface area contributed by atoms with Gasteiger partial charge in [0.25, 0.3) is 0 Å². The maximum Gasteiger partial charge on any atom is 0.110 e. The fourth-order valence-electron chi connectivity index (χ4n) is 2.64. The Bertz CT molecular complexity index is 787. The van der Waals surface area contributed by atoms with E-state index in [2.05, 4.69) is 44.6 Å². The summed E-state index contributed by atoms with van der Waals surface area (Å²) < 4.78 is 0. The Morgan fingerprint density at radius 3 is 2.57 bits per heavy atom. The number of aliphatic imine (C=N–C) groups is 1. The number of hydrogen-bond donors (Lipinski definition) is 0. The number of nitrogens with zero attached hydrogens (tertiary/aromatic N) is 4. The molecule has 4 heteroatoms. The van der Waals surface area contributed by atoms with E-state index < -0.39 is 0 Å². The highest BCUT2D eigenvalue weighted by Gasteiger charge is 2.28. The summed E-state index contributed by atoms with van der Waals surface area (Å²) in [5, 5.41) is 0. The number of aromatic nitrogens is 1. The largest absolute Gasteiger partial charge is 0.329 e. The maximum atomic E-state index is 4.54. The van der Waals surface area contributed by atoms with Crippen LogP contribution in [0.3, 0.4) is 0 Å². The molecule has 0 amide bonds. The summed E-state index contributed by atoms with van der Waals surface area (Å²) in [5.74, 6) is 0.917. The van der Waals surface area contributed by atoms with E-state index >= 15 is 0 Å². The first-order chi connectivity index (χ1) is 11.1. The van der Waals surface area contributed by atoms with Crippen molar-refractivity contribution < 1.29 is 0 Å². The number of para-hydroxylation sites is 2. The third-order valence-electron chi connectivity index (χ3n) is 3.92. The molecule has 1 aliphatic heterocycles. The summed E-state index contributed by atoms with van der Waals surface area (Å²) in [4.78, 5) is 13.1. The third kappa shape index (κ3) is 2.63. The van der Waals surface area contributed by atoms with E-state index in [1.165, 1.54) is 0 Å². The second-order valence-electron chi connectivity index (χ2n) is 5.40. The molecule has 0 saturated heterocycles. The van der Waals surface area contributed by atoms with Crippen LogP contribution in [0.4, 0.5) is 17.1 Å². The molecule has 0 bridgehead atoms. The zero-order valence-corrected chi connectivity index (χ0v) is 13.7. The summed E-state index contributed by atoms with van der Waals surface area (Å²) in [6.45, 7) is 8.10. The smallest absolute Gasteiger partial charge is 0.110 e. The highest BCUT2D eigenvalue weighted by molar-refractivity contribution is 5.97. The number of fused-ring (bicyclic) bond motifs is 1. The zero-order chi connectivity index (χ0) is 16.4. The molecule has 2 aromatic rings. The van der Waals surface area contributed by atoms with Crippen molar-refractivity contribution >= 4 is 22.8 Å². The summed E-state index contributed by atoms with van der Waals surface area (Å²) in [6, 6.07) is 12.3. The molecule has 116 valence electrons. The van der Waals surface area contributed by atoms with Gasteiger partial charge in [-0.05, 0) is 38.1 Å². The molecule has 0 radical (unpaired) electrons. The Labute approximate surface area is 137 Å². The van der Waals surface area contributed by atoms with Crippen molar-refractivity contribution in [3.05, 3.63) is 73.0 Å². The van der Waals surface area contributed by atoms with Gasteiger partial charge in [0.15, 0.2) is 0 Å². The molecule has 23 heavy (non-hydrogen) atoms. The summed E-state index contributed by atoms with van der Waals surface area (Å²) in [7, 11) is 2.02. The average molecular weight is 304 g/mol. The van der Waals surface area contributed by atoms with Crippen LogP contribution in [0.5, 0.6) is 0 Å². The lowest BCUT2D eigenvalue weighted by Crippen LogP contribution is -2.20. The molecule has 3 rings (SSSR count). The molecular weight excluding hydrogens is 284 g/mol. The highest BCUT2D eigenvalue weighted by atomic mass is 15.4. The van der Waals surface area contributed by atoms with Gasteiger partial charge in [-0.1, -0.05) is 24.8 Å². The number of allylic oxidation sites excluding steroid dienone is 1. The SMILES string of the molecule is C=C1N(C)c2ccccc2N1c1ccc(C(C)=N/C=C\C)nc1. The third-order valence-corrected chi connectivity index (χ3v) is 3.92. The minimum atomic E-state index is 0.873. The van der Waals surface area contributed by atoms with Gasteiger partial charge in [0.2, 0.25) is 0 Å². The molecule has 0 unspecified atom stereocenters. The first kappa shape index (κ1) is 15.0. The van der Waals surface area contributed by atoms with E-state index in [-0.39, 0.29) is 0 Å². The Kier molecular flexibility index (Phi) is 3.98. The summed E-state index contributed by atoms with van der Waals surface area (Å²) >= 11 is 0. The first-order valence-electron chi connectivity index (χ1n) is 7.57. The van der Waals surface area contributed by atoms with E-state index in [1.54, 1.807) is 6.20 Å². The number of hydrogen-bond acceptors (Lipinski definition) is 4. The van der Waals surface area contributed by atoms with E-state index in [9.17, 15) is 0 Å². The monoisotopic (exact) mass is 304 g/mol. The van der Waals surface area contributed by atoms with Crippen molar-refractivity contribution in [2.75, 3.05) is 16.8 Å². The Morgan fingerprint density at radius 2 is 1.91 bits per heavy atom. The Hall–Kier alpha value is -2.88. The van der Waals surface area contributed by atoms with E-state index in [4.69, 9.17) is 0 Å². The molecule has 0 spiro atoms. The normalized spacial score (nSPS) is 14.7. The number of rotatable bonds is 3. The van der Waals surface area contributed by atoms with Crippen LogP contribution < -0.4 is 9.80 Å². The molecule has 1 aliphatic rings. The topological polar surface area (TPSA) is 31.7 Å². The fraction of sp³-hybridized carbons (Fsp3) is 0.158.